The van der Waals surface area contributed by atoms with Gasteiger partial charge in [0.1, 0.15) is 5.82 Å². The van der Waals surface area contributed by atoms with Crippen LogP contribution in [0.1, 0.15) is 24.0 Å². The molecule has 0 saturated heterocycles. The number of halogens is 2. The highest BCUT2D eigenvalue weighted by Crippen LogP contribution is 2.27. The Morgan fingerprint density at radius 2 is 2.15 bits per heavy atom. The summed E-state index contributed by atoms with van der Waals surface area (Å²) in [6.07, 6.45) is 0. The van der Waals surface area contributed by atoms with Crippen molar-refractivity contribution in [3.63, 3.8) is 0 Å². The number of benzene rings is 1. The van der Waals surface area contributed by atoms with Crippen LogP contribution in [0.5, 0.6) is 0 Å². The molecule has 1 aromatic carbocycles. The maximum absolute atomic E-state index is 13.0. The molecule has 0 aliphatic heterocycles. The third-order valence-electron chi connectivity index (χ3n) is 2.27. The number of nitrogens with two attached hydrogens (primary N) is 1. The van der Waals surface area contributed by atoms with E-state index in [0.717, 1.165) is 11.1 Å². The van der Waals surface area contributed by atoms with Crippen LogP contribution in [0.25, 0.3) is 0 Å². The maximum Gasteiger partial charge on any atom is 0.142 e. The highest BCUT2D eigenvalue weighted by Gasteiger charge is 2.11. The molecule has 0 fully saturated rings. The molecule has 1 unspecified atom stereocenters. The largest absolute Gasteiger partial charge is 0.330 e. The second-order valence-electron chi connectivity index (χ2n) is 3.21. The lowest BCUT2D eigenvalue weighted by atomic mass is 9.96. The summed E-state index contributed by atoms with van der Waals surface area (Å²) < 4.78 is 13.0. The molecule has 0 aliphatic carbocycles. The van der Waals surface area contributed by atoms with Crippen molar-refractivity contribution in [1.29, 1.82) is 0 Å². The fourth-order valence-corrected chi connectivity index (χ4v) is 1.50. The summed E-state index contributed by atoms with van der Waals surface area (Å²) in [4.78, 5) is 0. The van der Waals surface area contributed by atoms with Crippen molar-refractivity contribution >= 4 is 11.6 Å². The van der Waals surface area contributed by atoms with Gasteiger partial charge in [0.15, 0.2) is 0 Å². The van der Waals surface area contributed by atoms with Gasteiger partial charge < -0.3 is 5.73 Å². The zero-order valence-electron chi connectivity index (χ0n) is 7.77. The van der Waals surface area contributed by atoms with Crippen molar-refractivity contribution in [2.45, 2.75) is 19.8 Å². The molecule has 0 aromatic heterocycles. The van der Waals surface area contributed by atoms with E-state index in [0.29, 0.717) is 6.54 Å². The Morgan fingerprint density at radius 3 is 2.69 bits per heavy atom. The molecule has 0 saturated carbocycles. The molecule has 1 nitrogen and oxygen atoms in total. The summed E-state index contributed by atoms with van der Waals surface area (Å²) in [7, 11) is 0. The first-order chi connectivity index (χ1) is 6.07. The SMILES string of the molecule is Cc1c(C(C)CN)ccc(F)c1Cl. The molecule has 0 spiro atoms. The first kappa shape index (κ1) is 10.5. The Morgan fingerprint density at radius 1 is 1.54 bits per heavy atom. The summed E-state index contributed by atoms with van der Waals surface area (Å²) in [6, 6.07) is 3.13. The van der Waals surface area contributed by atoms with Crippen LogP contribution in [-0.4, -0.2) is 6.54 Å². The minimum atomic E-state index is -0.368. The normalized spacial score (nSPS) is 13.0. The van der Waals surface area contributed by atoms with E-state index in [-0.39, 0.29) is 16.8 Å². The van der Waals surface area contributed by atoms with E-state index >= 15 is 0 Å². The summed E-state index contributed by atoms with van der Waals surface area (Å²) in [5, 5.41) is 0.206. The molecular formula is C10H13ClFN. The third kappa shape index (κ3) is 2.01. The smallest absolute Gasteiger partial charge is 0.142 e. The average molecular weight is 202 g/mol. The molecule has 0 radical (unpaired) electrons. The first-order valence-electron chi connectivity index (χ1n) is 4.22. The lowest BCUT2D eigenvalue weighted by Crippen LogP contribution is -2.10. The van der Waals surface area contributed by atoms with Gasteiger partial charge in [-0.25, -0.2) is 4.39 Å². The standard InChI is InChI=1S/C10H13ClFN/c1-6(5-13)8-3-4-9(12)10(11)7(8)2/h3-4,6H,5,13H2,1-2H3. The fraction of sp³-hybridized carbons (Fsp3) is 0.400. The lowest BCUT2D eigenvalue weighted by molar-refractivity contribution is 0.624. The van der Waals surface area contributed by atoms with Crippen LogP contribution in [0.3, 0.4) is 0 Å². The second-order valence-corrected chi connectivity index (χ2v) is 3.59. The molecule has 13 heavy (non-hydrogen) atoms. The molecule has 1 aromatic rings. The average Bonchev–Trinajstić information content (AvgIpc) is 2.13. The highest BCUT2D eigenvalue weighted by molar-refractivity contribution is 6.31. The van der Waals surface area contributed by atoms with Crippen LogP contribution in [0, 0.1) is 12.7 Å². The molecule has 0 bridgehead atoms. The zero-order valence-corrected chi connectivity index (χ0v) is 8.53. The van der Waals surface area contributed by atoms with E-state index in [1.165, 1.54) is 6.07 Å². The van der Waals surface area contributed by atoms with Crippen molar-refractivity contribution in [3.8, 4) is 0 Å². The second kappa shape index (κ2) is 4.07. The van der Waals surface area contributed by atoms with Crippen LogP contribution in [0.4, 0.5) is 4.39 Å². The Labute approximate surface area is 82.7 Å². The zero-order chi connectivity index (χ0) is 10.0. The molecule has 1 rings (SSSR count). The van der Waals surface area contributed by atoms with Gasteiger partial charge in [0.2, 0.25) is 0 Å². The molecule has 0 aliphatic rings. The van der Waals surface area contributed by atoms with E-state index in [4.69, 9.17) is 17.3 Å². The summed E-state index contributed by atoms with van der Waals surface area (Å²) in [6.45, 7) is 4.35. The number of hydrogen-bond acceptors (Lipinski definition) is 1. The van der Waals surface area contributed by atoms with Crippen molar-refractivity contribution < 1.29 is 4.39 Å². The highest BCUT2D eigenvalue weighted by atomic mass is 35.5. The van der Waals surface area contributed by atoms with Crippen LogP contribution >= 0.6 is 11.6 Å². The maximum atomic E-state index is 13.0. The van der Waals surface area contributed by atoms with Gasteiger partial charge in [0.05, 0.1) is 5.02 Å². The van der Waals surface area contributed by atoms with Crippen molar-refractivity contribution in [2.24, 2.45) is 5.73 Å². The molecule has 72 valence electrons. The van der Waals surface area contributed by atoms with Crippen molar-refractivity contribution in [1.82, 2.24) is 0 Å². The van der Waals surface area contributed by atoms with Gasteiger partial charge in [-0.1, -0.05) is 24.6 Å². The fourth-order valence-electron chi connectivity index (χ4n) is 1.33. The Hall–Kier alpha value is -0.600. The Bertz CT molecular complexity index is 312. The predicted molar refractivity (Wildman–Crippen MR) is 53.6 cm³/mol. The van der Waals surface area contributed by atoms with Gasteiger partial charge in [0.25, 0.3) is 0 Å². The van der Waals surface area contributed by atoms with Crippen molar-refractivity contribution in [3.05, 3.63) is 34.1 Å². The van der Waals surface area contributed by atoms with Gasteiger partial charge in [-0.2, -0.15) is 0 Å². The number of rotatable bonds is 2. The van der Waals surface area contributed by atoms with Gasteiger partial charge in [0, 0.05) is 0 Å². The molecule has 0 heterocycles. The Kier molecular flexibility index (Phi) is 3.28. The summed E-state index contributed by atoms with van der Waals surface area (Å²) >= 11 is 5.77. The lowest BCUT2D eigenvalue weighted by Gasteiger charge is -2.13. The van der Waals surface area contributed by atoms with Crippen molar-refractivity contribution in [2.75, 3.05) is 6.54 Å². The summed E-state index contributed by atoms with van der Waals surface area (Å²) in [5.74, 6) is -0.148. The minimum Gasteiger partial charge on any atom is -0.330 e. The van der Waals surface area contributed by atoms with Crippen LogP contribution in [0.15, 0.2) is 12.1 Å². The van der Waals surface area contributed by atoms with Gasteiger partial charge in [-0.3, -0.25) is 0 Å². The van der Waals surface area contributed by atoms with Crippen LogP contribution in [0.2, 0.25) is 5.02 Å². The van der Waals surface area contributed by atoms with Gasteiger partial charge in [-0.15, -0.1) is 0 Å². The molecule has 1 atom stereocenters. The van der Waals surface area contributed by atoms with E-state index in [1.54, 1.807) is 6.07 Å². The third-order valence-corrected chi connectivity index (χ3v) is 2.73. The number of hydrogen-bond donors (Lipinski definition) is 1. The Balaban J connectivity index is 3.18. The molecule has 3 heteroatoms. The predicted octanol–water partition coefficient (Wildman–Crippen LogP) is 2.85. The molecule has 0 amide bonds. The van der Waals surface area contributed by atoms with E-state index < -0.39 is 0 Å². The van der Waals surface area contributed by atoms with Crippen LogP contribution < -0.4 is 5.73 Å². The molecule has 2 N–H and O–H groups in total. The van der Waals surface area contributed by atoms with Gasteiger partial charge >= 0.3 is 0 Å². The van der Waals surface area contributed by atoms with Crippen LogP contribution in [-0.2, 0) is 0 Å². The van der Waals surface area contributed by atoms with Gasteiger partial charge in [-0.05, 0) is 36.6 Å². The monoisotopic (exact) mass is 201 g/mol. The van der Waals surface area contributed by atoms with E-state index in [1.807, 2.05) is 13.8 Å². The first-order valence-corrected chi connectivity index (χ1v) is 4.60. The minimum absolute atomic E-state index is 0.206. The molecular weight excluding hydrogens is 189 g/mol. The van der Waals surface area contributed by atoms with E-state index in [9.17, 15) is 4.39 Å². The summed E-state index contributed by atoms with van der Waals surface area (Å²) in [5.41, 5.74) is 7.34. The quantitative estimate of drug-likeness (QED) is 0.783. The van der Waals surface area contributed by atoms with E-state index in [2.05, 4.69) is 0 Å². The topological polar surface area (TPSA) is 26.0 Å².